The van der Waals surface area contributed by atoms with Crippen LogP contribution in [-0.4, -0.2) is 30.3 Å². The summed E-state index contributed by atoms with van der Waals surface area (Å²) in [6.07, 6.45) is -15.6. The molecule has 0 fully saturated rings. The normalized spacial score (nSPS) is 12.6. The number of carbonyl (C=O) groups excluding carboxylic acids is 2. The van der Waals surface area contributed by atoms with Crippen LogP contribution in [0.5, 0.6) is 5.75 Å². The van der Waals surface area contributed by atoms with Gasteiger partial charge in [-0.1, -0.05) is 18.2 Å². The predicted molar refractivity (Wildman–Crippen MR) is 127 cm³/mol. The molecule has 0 aromatic heterocycles. The summed E-state index contributed by atoms with van der Waals surface area (Å²) in [5.74, 6) is -3.06. The molecular weight excluding hydrogens is 645 g/mol. The summed E-state index contributed by atoms with van der Waals surface area (Å²) in [6, 6.07) is 12.4. The lowest BCUT2D eigenvalue weighted by molar-refractivity contribution is -0.305. The van der Waals surface area contributed by atoms with Gasteiger partial charge in [-0.2, -0.15) is 22.0 Å². The van der Waals surface area contributed by atoms with Crippen LogP contribution in [0.3, 0.4) is 0 Å². The van der Waals surface area contributed by atoms with Gasteiger partial charge < -0.3 is 15.4 Å². The van der Waals surface area contributed by atoms with Gasteiger partial charge in [-0.3, -0.25) is 9.59 Å². The Labute approximate surface area is 221 Å². The van der Waals surface area contributed by atoms with E-state index in [1.807, 2.05) is 0 Å². The molecule has 2 amide bonds. The molecule has 1 unspecified atom stereocenters. The number of anilines is 2. The highest BCUT2D eigenvalue weighted by Gasteiger charge is 2.59. The van der Waals surface area contributed by atoms with E-state index in [2.05, 4.69) is 47.2 Å². The second-order valence-electron chi connectivity index (χ2n) is 7.30. The molecule has 0 bridgehead atoms. The zero-order valence-corrected chi connectivity index (χ0v) is 21.1. The Balaban J connectivity index is 1.76. The molecule has 0 aliphatic carbocycles. The van der Waals surface area contributed by atoms with Gasteiger partial charge in [-0.05, 0) is 74.3 Å². The second kappa shape index (κ2) is 11.1. The summed E-state index contributed by atoms with van der Waals surface area (Å²) in [5, 5.41) is 4.90. The summed E-state index contributed by atoms with van der Waals surface area (Å²) in [5.41, 5.74) is -0.0422. The third-order valence-corrected chi connectivity index (χ3v) is 5.84. The summed E-state index contributed by atoms with van der Waals surface area (Å²) < 4.78 is 94.9. The van der Waals surface area contributed by atoms with E-state index >= 15 is 0 Å². The molecule has 0 saturated heterocycles. The largest absolute Gasteiger partial charge is 0.439 e. The molecule has 5 nitrogen and oxygen atoms in total. The first-order valence-electron chi connectivity index (χ1n) is 9.93. The number of hydrogen-bond acceptors (Lipinski definition) is 3. The van der Waals surface area contributed by atoms with E-state index in [1.165, 1.54) is 42.5 Å². The van der Waals surface area contributed by atoms with Crippen molar-refractivity contribution in [3.63, 3.8) is 0 Å². The van der Waals surface area contributed by atoms with Gasteiger partial charge in [0.15, 0.2) is 0 Å². The lowest BCUT2D eigenvalue weighted by atomic mass is 10.1. The molecule has 0 heterocycles. The SMILES string of the molecule is O=C(Nc1c(Br)cc(OC(F)(F)C(F)C(F)(F)F)cc1Br)c1cccc(NC(=O)c2ccccc2F)c1. The maximum atomic E-state index is 13.8. The summed E-state index contributed by atoms with van der Waals surface area (Å²) in [6.45, 7) is 0. The van der Waals surface area contributed by atoms with Crippen molar-refractivity contribution >= 4 is 55.0 Å². The van der Waals surface area contributed by atoms with Gasteiger partial charge in [-0.25, -0.2) is 8.78 Å². The van der Waals surface area contributed by atoms with Crippen LogP contribution in [0.1, 0.15) is 20.7 Å². The van der Waals surface area contributed by atoms with Crippen molar-refractivity contribution in [1.29, 1.82) is 0 Å². The quantitative estimate of drug-likeness (QED) is 0.256. The van der Waals surface area contributed by atoms with E-state index in [0.717, 1.165) is 18.2 Å². The number of nitrogens with one attached hydrogen (secondary N) is 2. The van der Waals surface area contributed by atoms with Crippen LogP contribution in [-0.2, 0) is 0 Å². The van der Waals surface area contributed by atoms with Crippen molar-refractivity contribution in [2.45, 2.75) is 18.5 Å². The Morgan fingerprint density at radius 1 is 0.838 bits per heavy atom. The average Bonchev–Trinajstić information content (AvgIpc) is 2.80. The highest BCUT2D eigenvalue weighted by Crippen LogP contribution is 2.40. The van der Waals surface area contributed by atoms with Crippen molar-refractivity contribution < 1.29 is 45.1 Å². The molecule has 0 aliphatic heterocycles. The molecule has 0 aliphatic rings. The Kier molecular flexibility index (Phi) is 8.52. The number of rotatable bonds is 7. The number of ether oxygens (including phenoxy) is 1. The van der Waals surface area contributed by atoms with Crippen molar-refractivity contribution in [2.24, 2.45) is 0 Å². The molecule has 3 aromatic carbocycles. The van der Waals surface area contributed by atoms with Crippen LogP contribution >= 0.6 is 31.9 Å². The van der Waals surface area contributed by atoms with Gasteiger partial charge in [0, 0.05) is 20.2 Å². The fourth-order valence-corrected chi connectivity index (χ4v) is 4.24. The minimum atomic E-state index is -5.85. The van der Waals surface area contributed by atoms with Crippen LogP contribution in [0, 0.1) is 5.82 Å². The molecule has 14 heteroatoms. The number of amides is 2. The van der Waals surface area contributed by atoms with Crippen LogP contribution < -0.4 is 15.4 Å². The Morgan fingerprint density at radius 2 is 1.46 bits per heavy atom. The average molecular weight is 658 g/mol. The Morgan fingerprint density at radius 3 is 2.05 bits per heavy atom. The maximum absolute atomic E-state index is 13.8. The van der Waals surface area contributed by atoms with E-state index in [1.54, 1.807) is 0 Å². The standard InChI is InChI=1S/C23H13Br2F7N2O3/c24-15-9-13(37-23(31,32)21(27)22(28,29)30)10-16(25)18(15)34-19(35)11-4-3-5-12(8-11)33-20(36)14-6-1-2-7-17(14)26/h1-10,21H,(H,33,36)(H,34,35). The van der Waals surface area contributed by atoms with E-state index in [0.29, 0.717) is 0 Å². The number of halogens is 9. The van der Waals surface area contributed by atoms with Gasteiger partial charge in [0.05, 0.1) is 11.3 Å². The summed E-state index contributed by atoms with van der Waals surface area (Å²) in [4.78, 5) is 25.1. The number of carbonyl (C=O) groups is 2. The first kappa shape index (κ1) is 28.4. The van der Waals surface area contributed by atoms with Crippen molar-refractivity contribution in [3.8, 4) is 5.75 Å². The fraction of sp³-hybridized carbons (Fsp3) is 0.130. The molecule has 0 radical (unpaired) electrons. The zero-order chi connectivity index (χ0) is 27.5. The minimum Gasteiger partial charge on any atom is -0.430 e. The Hall–Kier alpha value is -3.13. The highest BCUT2D eigenvalue weighted by atomic mass is 79.9. The first-order valence-corrected chi connectivity index (χ1v) is 11.5. The van der Waals surface area contributed by atoms with Crippen molar-refractivity contribution in [1.82, 2.24) is 0 Å². The lowest BCUT2D eigenvalue weighted by Crippen LogP contribution is -2.45. The molecule has 196 valence electrons. The first-order chi connectivity index (χ1) is 17.2. The zero-order valence-electron chi connectivity index (χ0n) is 18.0. The summed E-state index contributed by atoms with van der Waals surface area (Å²) >= 11 is 5.97. The van der Waals surface area contributed by atoms with E-state index in [9.17, 15) is 40.3 Å². The number of benzene rings is 3. The summed E-state index contributed by atoms with van der Waals surface area (Å²) in [7, 11) is 0. The van der Waals surface area contributed by atoms with Gasteiger partial charge >= 0.3 is 12.3 Å². The van der Waals surface area contributed by atoms with Crippen LogP contribution in [0.4, 0.5) is 42.1 Å². The molecule has 3 rings (SSSR count). The fourth-order valence-electron chi connectivity index (χ4n) is 2.90. The Bertz CT molecular complexity index is 1310. The number of hydrogen-bond donors (Lipinski definition) is 2. The third-order valence-electron chi connectivity index (χ3n) is 4.59. The molecule has 3 aromatic rings. The van der Waals surface area contributed by atoms with E-state index in [4.69, 9.17) is 0 Å². The molecule has 1 atom stereocenters. The van der Waals surface area contributed by atoms with E-state index < -0.39 is 41.8 Å². The van der Waals surface area contributed by atoms with Crippen LogP contribution in [0.15, 0.2) is 69.6 Å². The van der Waals surface area contributed by atoms with Crippen LogP contribution in [0.25, 0.3) is 0 Å². The number of alkyl halides is 6. The van der Waals surface area contributed by atoms with E-state index in [-0.39, 0.29) is 31.4 Å². The third kappa shape index (κ3) is 7.01. The topological polar surface area (TPSA) is 67.4 Å². The van der Waals surface area contributed by atoms with Crippen LogP contribution in [0.2, 0.25) is 0 Å². The van der Waals surface area contributed by atoms with Gasteiger partial charge in [0.2, 0.25) is 0 Å². The lowest BCUT2D eigenvalue weighted by Gasteiger charge is -2.23. The molecule has 0 spiro atoms. The smallest absolute Gasteiger partial charge is 0.430 e. The molecular formula is C23H13Br2F7N2O3. The highest BCUT2D eigenvalue weighted by molar-refractivity contribution is 9.11. The minimum absolute atomic E-state index is 0.0194. The monoisotopic (exact) mass is 656 g/mol. The molecule has 0 saturated carbocycles. The van der Waals surface area contributed by atoms with Gasteiger partial charge in [0.1, 0.15) is 11.6 Å². The predicted octanol–water partition coefficient (Wildman–Crippen LogP) is 7.73. The van der Waals surface area contributed by atoms with Gasteiger partial charge in [0.25, 0.3) is 18.0 Å². The second-order valence-corrected chi connectivity index (χ2v) is 9.01. The van der Waals surface area contributed by atoms with Crippen molar-refractivity contribution in [3.05, 3.63) is 86.6 Å². The maximum Gasteiger partial charge on any atom is 0.439 e. The molecule has 2 N–H and O–H groups in total. The van der Waals surface area contributed by atoms with Crippen molar-refractivity contribution in [2.75, 3.05) is 10.6 Å². The molecule has 37 heavy (non-hydrogen) atoms. The van der Waals surface area contributed by atoms with Gasteiger partial charge in [-0.15, -0.1) is 0 Å².